The van der Waals surface area contributed by atoms with Gasteiger partial charge in [-0.05, 0) is 36.4 Å². The predicted octanol–water partition coefficient (Wildman–Crippen LogP) is 4.30. The van der Waals surface area contributed by atoms with Crippen molar-refractivity contribution in [2.75, 3.05) is 13.2 Å². The summed E-state index contributed by atoms with van der Waals surface area (Å²) in [6.07, 6.45) is 2.64. The van der Waals surface area contributed by atoms with Crippen molar-refractivity contribution in [2.24, 2.45) is 0 Å². The van der Waals surface area contributed by atoms with Crippen molar-refractivity contribution in [1.82, 2.24) is 9.38 Å². The molecule has 154 valence electrons. The highest BCUT2D eigenvalue weighted by atomic mass is 32.1. The van der Waals surface area contributed by atoms with Gasteiger partial charge < -0.3 is 9.47 Å². The Morgan fingerprint density at radius 2 is 1.61 bits per heavy atom. The minimum Gasteiger partial charge on any atom is -0.493 e. The number of rotatable bonds is 7. The van der Waals surface area contributed by atoms with Crippen LogP contribution in [0.3, 0.4) is 0 Å². The topological polar surface area (TPSA) is 52.8 Å². The van der Waals surface area contributed by atoms with Crippen LogP contribution in [0.4, 0.5) is 0 Å². The average molecular weight is 429 g/mol. The molecule has 0 amide bonds. The summed E-state index contributed by atoms with van der Waals surface area (Å²) >= 11 is 1.39. The normalized spacial score (nSPS) is 11.9. The molecular formula is C25H20N2O3S. The van der Waals surface area contributed by atoms with Gasteiger partial charge in [-0.25, -0.2) is 9.38 Å². The van der Waals surface area contributed by atoms with Gasteiger partial charge in [0.1, 0.15) is 11.5 Å². The zero-order chi connectivity index (χ0) is 21.0. The van der Waals surface area contributed by atoms with E-state index < -0.39 is 0 Å². The molecule has 0 fully saturated rings. The Bertz CT molecular complexity index is 1440. The predicted molar refractivity (Wildman–Crippen MR) is 124 cm³/mol. The molecule has 2 heterocycles. The highest BCUT2D eigenvalue weighted by molar-refractivity contribution is 7.15. The Morgan fingerprint density at radius 3 is 2.52 bits per heavy atom. The Labute approximate surface area is 182 Å². The van der Waals surface area contributed by atoms with Gasteiger partial charge in [-0.3, -0.25) is 4.79 Å². The smallest absolute Gasteiger partial charge is 0.274 e. The van der Waals surface area contributed by atoms with Crippen LogP contribution in [-0.4, -0.2) is 22.6 Å². The van der Waals surface area contributed by atoms with E-state index in [-0.39, 0.29) is 5.56 Å². The third-order valence-electron chi connectivity index (χ3n) is 4.91. The van der Waals surface area contributed by atoms with E-state index >= 15 is 0 Å². The number of ether oxygens (including phenoxy) is 2. The zero-order valence-corrected chi connectivity index (χ0v) is 17.5. The summed E-state index contributed by atoms with van der Waals surface area (Å²) in [7, 11) is 0. The Balaban J connectivity index is 1.34. The number of hydrogen-bond acceptors (Lipinski definition) is 5. The number of hydrogen-bond donors (Lipinski definition) is 0. The monoisotopic (exact) mass is 428 g/mol. The van der Waals surface area contributed by atoms with E-state index in [2.05, 4.69) is 4.98 Å². The lowest BCUT2D eigenvalue weighted by Gasteiger charge is -2.10. The van der Waals surface area contributed by atoms with Crippen molar-refractivity contribution in [2.45, 2.75) is 6.42 Å². The second kappa shape index (κ2) is 8.62. The quantitative estimate of drug-likeness (QED) is 0.363. The van der Waals surface area contributed by atoms with Crippen LogP contribution in [-0.2, 0) is 0 Å². The summed E-state index contributed by atoms with van der Waals surface area (Å²) in [4.78, 5) is 18.3. The number of aromatic nitrogens is 2. The van der Waals surface area contributed by atoms with Crippen LogP contribution in [0.15, 0.2) is 83.7 Å². The molecule has 6 heteroatoms. The molecule has 0 aliphatic rings. The fourth-order valence-corrected chi connectivity index (χ4v) is 4.41. The summed E-state index contributed by atoms with van der Waals surface area (Å²) in [5, 5.41) is 0. The fourth-order valence-electron chi connectivity index (χ4n) is 3.43. The Kier molecular flexibility index (Phi) is 5.37. The van der Waals surface area contributed by atoms with E-state index in [0.717, 1.165) is 34.5 Å². The molecule has 0 spiro atoms. The maximum atomic E-state index is 13.0. The number of thiazole rings is 1. The molecule has 0 unspecified atom stereocenters. The van der Waals surface area contributed by atoms with E-state index in [1.807, 2.05) is 84.9 Å². The highest BCUT2D eigenvalue weighted by Crippen LogP contribution is 2.20. The molecule has 3 aromatic carbocycles. The second-order valence-corrected chi connectivity index (χ2v) is 8.04. The van der Waals surface area contributed by atoms with E-state index in [4.69, 9.17) is 9.47 Å². The van der Waals surface area contributed by atoms with Crippen molar-refractivity contribution >= 4 is 33.4 Å². The van der Waals surface area contributed by atoms with Crippen LogP contribution < -0.4 is 19.6 Å². The summed E-state index contributed by atoms with van der Waals surface area (Å²) in [6.45, 7) is 1.11. The van der Waals surface area contributed by atoms with Gasteiger partial charge >= 0.3 is 0 Å². The highest BCUT2D eigenvalue weighted by Gasteiger charge is 2.11. The van der Waals surface area contributed by atoms with Crippen LogP contribution in [0, 0.1) is 0 Å². The Morgan fingerprint density at radius 1 is 0.871 bits per heavy atom. The first-order valence-corrected chi connectivity index (χ1v) is 10.9. The lowest BCUT2D eigenvalue weighted by molar-refractivity contribution is 0.247. The molecule has 0 atom stereocenters. The number of imidazole rings is 1. The molecule has 5 aromatic rings. The van der Waals surface area contributed by atoms with Gasteiger partial charge in [0, 0.05) is 12.0 Å². The molecule has 0 N–H and O–H groups in total. The number of nitrogens with zero attached hydrogens (tertiary/aromatic N) is 2. The Hall–Kier alpha value is -3.64. The third-order valence-corrected chi connectivity index (χ3v) is 5.88. The number of para-hydroxylation sites is 4. The lowest BCUT2D eigenvalue weighted by Crippen LogP contribution is -2.22. The molecule has 5 rings (SSSR count). The van der Waals surface area contributed by atoms with Crippen molar-refractivity contribution in [1.29, 1.82) is 0 Å². The van der Waals surface area contributed by atoms with Gasteiger partial charge in [0.15, 0.2) is 4.96 Å². The lowest BCUT2D eigenvalue weighted by atomic mass is 10.2. The van der Waals surface area contributed by atoms with Crippen molar-refractivity contribution in [3.05, 3.63) is 99.3 Å². The number of fused-ring (bicyclic) bond motifs is 3. The molecule has 2 aromatic heterocycles. The summed E-state index contributed by atoms with van der Waals surface area (Å²) < 4.78 is 14.0. The maximum absolute atomic E-state index is 13.0. The van der Waals surface area contributed by atoms with Gasteiger partial charge in [-0.15, -0.1) is 0 Å². The molecule has 0 radical (unpaired) electrons. The van der Waals surface area contributed by atoms with Crippen LogP contribution in [0.25, 0.3) is 22.1 Å². The minimum absolute atomic E-state index is 0.0558. The molecule has 31 heavy (non-hydrogen) atoms. The minimum atomic E-state index is -0.0558. The van der Waals surface area contributed by atoms with Gasteiger partial charge in [0.05, 0.1) is 28.8 Å². The molecule has 0 saturated carbocycles. The largest absolute Gasteiger partial charge is 0.493 e. The van der Waals surface area contributed by atoms with Crippen LogP contribution >= 0.6 is 11.3 Å². The van der Waals surface area contributed by atoms with Crippen LogP contribution in [0.5, 0.6) is 11.5 Å². The standard InChI is InChI=1S/C25H20N2O3S/c28-24-23(31-25-26-20-12-5-6-13-21(20)27(24)25)17-18-9-4-7-14-22(18)30-16-8-15-29-19-10-2-1-3-11-19/h1-7,9-14,17H,8,15-16H2. The zero-order valence-electron chi connectivity index (χ0n) is 16.7. The summed E-state index contributed by atoms with van der Waals surface area (Å²) in [5.74, 6) is 1.60. The third kappa shape index (κ3) is 4.02. The molecule has 0 aliphatic heterocycles. The van der Waals surface area contributed by atoms with Gasteiger partial charge in [-0.2, -0.15) is 0 Å². The van der Waals surface area contributed by atoms with Gasteiger partial charge in [-0.1, -0.05) is 59.9 Å². The maximum Gasteiger partial charge on any atom is 0.274 e. The first-order chi connectivity index (χ1) is 15.3. The van der Waals surface area contributed by atoms with Crippen molar-refractivity contribution < 1.29 is 9.47 Å². The fraction of sp³-hybridized carbons (Fsp3) is 0.120. The van der Waals surface area contributed by atoms with E-state index in [1.165, 1.54) is 11.3 Å². The van der Waals surface area contributed by atoms with Gasteiger partial charge in [0.2, 0.25) is 0 Å². The summed E-state index contributed by atoms with van der Waals surface area (Å²) in [5.41, 5.74) is 2.48. The SMILES string of the molecule is O=c1c(=Cc2ccccc2OCCCOc2ccccc2)sc2nc3ccccc3n12. The van der Waals surface area contributed by atoms with E-state index in [9.17, 15) is 4.79 Å². The molecule has 0 saturated heterocycles. The first kappa shape index (κ1) is 19.3. The molecule has 0 aliphatic carbocycles. The van der Waals surface area contributed by atoms with Crippen molar-refractivity contribution in [3.63, 3.8) is 0 Å². The van der Waals surface area contributed by atoms with E-state index in [1.54, 1.807) is 4.40 Å². The molecule has 5 nitrogen and oxygen atoms in total. The van der Waals surface area contributed by atoms with E-state index in [0.29, 0.717) is 22.7 Å². The van der Waals surface area contributed by atoms with Crippen molar-refractivity contribution in [3.8, 4) is 11.5 Å². The first-order valence-electron chi connectivity index (χ1n) is 10.1. The molecular weight excluding hydrogens is 408 g/mol. The van der Waals surface area contributed by atoms with Crippen LogP contribution in [0.2, 0.25) is 0 Å². The number of benzene rings is 3. The van der Waals surface area contributed by atoms with Crippen LogP contribution in [0.1, 0.15) is 12.0 Å². The molecule has 0 bridgehead atoms. The second-order valence-electron chi connectivity index (χ2n) is 7.04. The van der Waals surface area contributed by atoms with Gasteiger partial charge in [0.25, 0.3) is 5.56 Å². The average Bonchev–Trinajstić information content (AvgIpc) is 3.31. The summed E-state index contributed by atoms with van der Waals surface area (Å²) in [6, 6.07) is 25.2.